The van der Waals surface area contributed by atoms with Crippen LogP contribution in [0.15, 0.2) is 12.3 Å². The van der Waals surface area contributed by atoms with Gasteiger partial charge in [0.1, 0.15) is 0 Å². The second kappa shape index (κ2) is 6.68. The number of hydrogen-bond acceptors (Lipinski definition) is 5. The van der Waals surface area contributed by atoms with Crippen LogP contribution in [0, 0.1) is 0 Å². The lowest BCUT2D eigenvalue weighted by Crippen LogP contribution is -2.30. The maximum absolute atomic E-state index is 5.84. The Hall–Kier alpha value is -1.24. The summed E-state index contributed by atoms with van der Waals surface area (Å²) >= 11 is 1.89. The van der Waals surface area contributed by atoms with Crippen LogP contribution in [-0.4, -0.2) is 15.0 Å². The maximum atomic E-state index is 5.84. The van der Waals surface area contributed by atoms with E-state index in [9.17, 15) is 0 Å². The minimum atomic E-state index is -0.0107. The van der Waals surface area contributed by atoms with Gasteiger partial charge in [-0.15, -0.1) is 16.4 Å². The zero-order chi connectivity index (χ0) is 14.7. The van der Waals surface area contributed by atoms with Gasteiger partial charge in [0.15, 0.2) is 0 Å². The molecule has 114 valence electrons. The van der Waals surface area contributed by atoms with Gasteiger partial charge in [-0.2, -0.15) is 0 Å². The minimum absolute atomic E-state index is 0.0107. The highest BCUT2D eigenvalue weighted by Gasteiger charge is 2.22. The van der Waals surface area contributed by atoms with Crippen molar-refractivity contribution in [3.8, 4) is 0 Å². The van der Waals surface area contributed by atoms with Crippen LogP contribution in [0.2, 0.25) is 0 Å². The van der Waals surface area contributed by atoms with Crippen LogP contribution >= 0.6 is 11.3 Å². The predicted molar refractivity (Wildman–Crippen MR) is 85.1 cm³/mol. The smallest absolute Gasteiger partial charge is 0.0986 e. The van der Waals surface area contributed by atoms with Gasteiger partial charge in [0, 0.05) is 16.3 Å². The largest absolute Gasteiger partial charge is 0.270 e. The fraction of sp³-hybridized carbons (Fsp3) is 0.600. The zero-order valence-corrected chi connectivity index (χ0v) is 13.3. The number of nitrogens with one attached hydrogen (secondary N) is 1. The summed E-state index contributed by atoms with van der Waals surface area (Å²) in [5.74, 6) is 5.84. The SMILES string of the molecule is CCCn1nncc1C(NN)c1cc2c(s1)CCCCC2. The Labute approximate surface area is 129 Å². The normalized spacial score (nSPS) is 16.5. The lowest BCUT2D eigenvalue weighted by Gasteiger charge is -2.15. The number of hydrazine groups is 1. The summed E-state index contributed by atoms with van der Waals surface area (Å²) < 4.78 is 1.95. The number of hydrogen-bond donors (Lipinski definition) is 2. The molecule has 1 aliphatic carbocycles. The van der Waals surface area contributed by atoms with Crippen molar-refractivity contribution in [2.75, 3.05) is 0 Å². The fourth-order valence-corrected chi connectivity index (χ4v) is 4.35. The van der Waals surface area contributed by atoms with Crippen molar-refractivity contribution in [3.63, 3.8) is 0 Å². The molecular weight excluding hydrogens is 282 g/mol. The van der Waals surface area contributed by atoms with E-state index in [2.05, 4.69) is 28.7 Å². The van der Waals surface area contributed by atoms with Crippen molar-refractivity contribution in [3.05, 3.63) is 33.3 Å². The van der Waals surface area contributed by atoms with Crippen LogP contribution in [0.1, 0.15) is 59.7 Å². The van der Waals surface area contributed by atoms with E-state index in [1.165, 1.54) is 47.4 Å². The van der Waals surface area contributed by atoms with Crippen molar-refractivity contribution >= 4 is 11.3 Å². The molecule has 3 N–H and O–H groups in total. The molecule has 3 rings (SSSR count). The van der Waals surface area contributed by atoms with Gasteiger partial charge >= 0.3 is 0 Å². The number of aryl methyl sites for hydroxylation is 3. The number of fused-ring (bicyclic) bond motifs is 1. The molecule has 1 atom stereocenters. The Morgan fingerprint density at radius 1 is 1.38 bits per heavy atom. The fourth-order valence-electron chi connectivity index (χ4n) is 3.02. The van der Waals surface area contributed by atoms with Crippen LogP contribution in [0.5, 0.6) is 0 Å². The second-order valence-electron chi connectivity index (χ2n) is 5.64. The lowest BCUT2D eigenvalue weighted by atomic mass is 10.1. The molecule has 6 heteroatoms. The molecule has 0 aromatic carbocycles. The Bertz CT molecular complexity index is 565. The maximum Gasteiger partial charge on any atom is 0.0986 e. The first-order chi connectivity index (χ1) is 10.3. The summed E-state index contributed by atoms with van der Waals surface area (Å²) in [5.41, 5.74) is 5.52. The van der Waals surface area contributed by atoms with E-state index in [0.717, 1.165) is 18.7 Å². The highest BCUT2D eigenvalue weighted by atomic mass is 32.1. The average molecular weight is 305 g/mol. The first-order valence-corrected chi connectivity index (χ1v) is 8.61. The van der Waals surface area contributed by atoms with E-state index >= 15 is 0 Å². The van der Waals surface area contributed by atoms with E-state index in [-0.39, 0.29) is 6.04 Å². The first-order valence-electron chi connectivity index (χ1n) is 7.79. The zero-order valence-electron chi connectivity index (χ0n) is 12.5. The summed E-state index contributed by atoms with van der Waals surface area (Å²) in [6, 6.07) is 2.32. The predicted octanol–water partition coefficient (Wildman–Crippen LogP) is 2.57. The molecule has 2 heterocycles. The molecule has 1 aliphatic rings. The quantitative estimate of drug-likeness (QED) is 0.506. The number of nitrogens with zero attached hydrogens (tertiary/aromatic N) is 3. The van der Waals surface area contributed by atoms with Crippen molar-refractivity contribution in [2.45, 2.75) is 58.0 Å². The molecule has 0 bridgehead atoms. The van der Waals surface area contributed by atoms with E-state index in [0.29, 0.717) is 0 Å². The number of thiophene rings is 1. The second-order valence-corrected chi connectivity index (χ2v) is 6.81. The van der Waals surface area contributed by atoms with Gasteiger partial charge < -0.3 is 0 Å². The third-order valence-electron chi connectivity index (χ3n) is 4.10. The monoisotopic (exact) mass is 305 g/mol. The molecule has 21 heavy (non-hydrogen) atoms. The molecule has 1 unspecified atom stereocenters. The van der Waals surface area contributed by atoms with E-state index in [1.54, 1.807) is 0 Å². The van der Waals surface area contributed by atoms with Crippen molar-refractivity contribution in [2.24, 2.45) is 5.84 Å². The van der Waals surface area contributed by atoms with Crippen LogP contribution in [0.4, 0.5) is 0 Å². The molecule has 0 radical (unpaired) electrons. The van der Waals surface area contributed by atoms with Crippen molar-refractivity contribution < 1.29 is 0 Å². The summed E-state index contributed by atoms with van der Waals surface area (Å²) in [6.07, 6.45) is 9.24. The highest BCUT2D eigenvalue weighted by molar-refractivity contribution is 7.12. The molecule has 0 spiro atoms. The topological polar surface area (TPSA) is 68.8 Å². The summed E-state index contributed by atoms with van der Waals surface area (Å²) in [4.78, 5) is 2.82. The van der Waals surface area contributed by atoms with Crippen LogP contribution in [0.3, 0.4) is 0 Å². The van der Waals surface area contributed by atoms with Gasteiger partial charge in [-0.25, -0.2) is 10.1 Å². The van der Waals surface area contributed by atoms with E-state index in [1.807, 2.05) is 22.2 Å². The van der Waals surface area contributed by atoms with Crippen LogP contribution < -0.4 is 11.3 Å². The Morgan fingerprint density at radius 3 is 3.05 bits per heavy atom. The van der Waals surface area contributed by atoms with Gasteiger partial charge in [0.05, 0.1) is 17.9 Å². The van der Waals surface area contributed by atoms with Gasteiger partial charge in [-0.3, -0.25) is 5.84 Å². The van der Waals surface area contributed by atoms with Gasteiger partial charge in [-0.05, 0) is 43.7 Å². The Balaban J connectivity index is 1.91. The van der Waals surface area contributed by atoms with E-state index in [4.69, 9.17) is 5.84 Å². The molecule has 0 amide bonds. The third kappa shape index (κ3) is 3.02. The summed E-state index contributed by atoms with van der Waals surface area (Å²) in [7, 11) is 0. The molecule has 2 aromatic rings. The number of aromatic nitrogens is 3. The first kappa shape index (κ1) is 14.7. The van der Waals surface area contributed by atoms with Crippen molar-refractivity contribution in [1.29, 1.82) is 0 Å². The summed E-state index contributed by atoms with van der Waals surface area (Å²) in [6.45, 7) is 3.02. The van der Waals surface area contributed by atoms with Crippen LogP contribution in [0.25, 0.3) is 0 Å². The highest BCUT2D eigenvalue weighted by Crippen LogP contribution is 2.34. The molecular formula is C15H23N5S. The van der Waals surface area contributed by atoms with Crippen LogP contribution in [-0.2, 0) is 19.4 Å². The molecule has 0 aliphatic heterocycles. The number of nitrogens with two attached hydrogens (primary N) is 1. The molecule has 5 nitrogen and oxygen atoms in total. The van der Waals surface area contributed by atoms with Crippen molar-refractivity contribution in [1.82, 2.24) is 20.4 Å². The molecule has 0 saturated carbocycles. The molecule has 2 aromatic heterocycles. The van der Waals surface area contributed by atoms with Gasteiger partial charge in [0.2, 0.25) is 0 Å². The Kier molecular flexibility index (Phi) is 4.67. The standard InChI is InChI=1S/C15H23N5S/c1-2-8-20-12(10-17-19-20)15(18-16)14-9-11-6-4-3-5-7-13(11)21-14/h9-10,15,18H,2-8,16H2,1H3. The van der Waals surface area contributed by atoms with Gasteiger partial charge in [0.25, 0.3) is 0 Å². The van der Waals surface area contributed by atoms with Gasteiger partial charge in [-0.1, -0.05) is 18.6 Å². The average Bonchev–Trinajstić information content (AvgIpc) is 3.03. The lowest BCUT2D eigenvalue weighted by molar-refractivity contribution is 0.515. The Morgan fingerprint density at radius 2 is 2.24 bits per heavy atom. The number of rotatable bonds is 5. The third-order valence-corrected chi connectivity index (χ3v) is 5.40. The summed E-state index contributed by atoms with van der Waals surface area (Å²) in [5, 5.41) is 8.23. The minimum Gasteiger partial charge on any atom is -0.270 e. The van der Waals surface area contributed by atoms with E-state index < -0.39 is 0 Å². The molecule has 0 saturated heterocycles. The molecule has 0 fully saturated rings.